The maximum atomic E-state index is 14.4. The zero-order valence-electron chi connectivity index (χ0n) is 67.9. The molecule has 18 aromatic rings. The Morgan fingerprint density at radius 3 is 0.859 bits per heavy atom. The van der Waals surface area contributed by atoms with Gasteiger partial charge >= 0.3 is 84.3 Å². The third kappa shape index (κ3) is 23.2. The van der Waals surface area contributed by atoms with Crippen molar-refractivity contribution in [1.29, 1.82) is 0 Å². The number of aromatic nitrogens is 10. The molecule has 0 aliphatic heterocycles. The van der Waals surface area contributed by atoms with Gasteiger partial charge in [0.05, 0.1) is 14.1 Å². The average Bonchev–Trinajstić information content (AvgIpc) is 0.765. The van der Waals surface area contributed by atoms with Crippen LogP contribution in [0.15, 0.2) is 340 Å². The molecule has 8 aromatic carbocycles. The van der Waals surface area contributed by atoms with Crippen molar-refractivity contribution >= 4 is 46.3 Å². The first-order valence-electron chi connectivity index (χ1n) is 38.7. The number of benzene rings is 8. The number of anilines is 6. The minimum Gasteiger partial charge on any atom is -0.360 e. The Morgan fingerprint density at radius 1 is 0.273 bits per heavy atom. The summed E-state index contributed by atoms with van der Waals surface area (Å²) in [6.45, 7) is 3.75. The summed E-state index contributed by atoms with van der Waals surface area (Å²) >= 11 is 0. The van der Waals surface area contributed by atoms with Crippen molar-refractivity contribution in [2.75, 3.05) is 23.9 Å². The Bertz CT molecular complexity index is 6370. The summed E-state index contributed by atoms with van der Waals surface area (Å²) in [6.07, 6.45) is 9.39. The SMILES string of the molecule is CC(C)(c1cccc(-c2[c-]cc(F)cc2F)n1)c1cccc(-c2[c-]cc(F)cc2F)n1.C[N+](C)(c1cccc(-c2[c-]nccc2)n1)c1cccc(-c2[c-]nccc2)n1.Fc1c[c-]c(-c2cccc(N(c3ccccc3)c3cccc(-c4[c-]cc(F)cc4F)n3)n2)c(F)c1.[Pt+2].[Pt+2].[Pt+2].[Pt+2].[c-]1ccccc1-c1cccc(N(c2ccccc2)c2cccc(-c3[c-]cccc3)n2)n1. The molecular formula is C103H68F8N13Pt4+. The molecule has 25 heteroatoms. The molecule has 0 spiro atoms. The van der Waals surface area contributed by atoms with E-state index in [0.29, 0.717) is 44.6 Å². The summed E-state index contributed by atoms with van der Waals surface area (Å²) in [4.78, 5) is 49.7. The van der Waals surface area contributed by atoms with Crippen LogP contribution in [0.3, 0.4) is 0 Å². The van der Waals surface area contributed by atoms with Gasteiger partial charge in [0.1, 0.15) is 23.3 Å². The van der Waals surface area contributed by atoms with Crippen molar-refractivity contribution in [2.24, 2.45) is 0 Å². The van der Waals surface area contributed by atoms with E-state index < -0.39 is 52.0 Å². The Hall–Kier alpha value is -13.0. The van der Waals surface area contributed by atoms with Crippen LogP contribution < -0.4 is 14.3 Å². The molecule has 640 valence electrons. The molecule has 10 aromatic heterocycles. The molecule has 0 unspecified atom stereocenters. The molecule has 10 heterocycles. The standard InChI is InChI=1S/C28H15F4N3.C28H19N3.C25H16F4N2.C22H18N5.4Pt/c29-18-12-14-21(23(31)16-18)25-8-4-10-27(33-25)35(20-6-2-1-3-7-20)28-11-5-9-26(34-28)22-15-13-19(30)17-24(22)32;1-4-12-22(13-5-1)25-18-10-20-27(29-25)31(24-16-8-3-9-17-24)28-21-11-19-26(30-28)23-14-6-2-7-15-23;1-25(2,23-7-3-5-21(30-23)17-11-9-15(26)13-19(17)28)24-8-4-6-22(31-24)18-12-10-16(27)14-20(18)29;1-27(2,21-11-3-9-19(25-21)17-7-5-13-23-15-17)22-12-4-10-20(26-22)18-8-6-14-24-16-18;;;;/h1-13,16-17H;1-12,14,16-21H;3-10,13-14H,1-2H3;3-14H,1-2H3;;;;/q3*-2;-1;4*+2. The Morgan fingerprint density at radius 2 is 0.555 bits per heavy atom. The molecule has 0 amide bonds. The first-order valence-corrected chi connectivity index (χ1v) is 38.7. The molecule has 128 heavy (non-hydrogen) atoms. The molecule has 0 saturated carbocycles. The van der Waals surface area contributed by atoms with E-state index in [1.54, 1.807) is 90.1 Å². The Balaban J connectivity index is 0.000000164. The first kappa shape index (κ1) is 95.7. The van der Waals surface area contributed by atoms with Gasteiger partial charge < -0.3 is 19.9 Å². The van der Waals surface area contributed by atoms with Crippen molar-refractivity contribution in [3.05, 3.63) is 447 Å². The summed E-state index contributed by atoms with van der Waals surface area (Å²) in [7, 11) is 4.14. The van der Waals surface area contributed by atoms with Gasteiger partial charge in [0.25, 0.3) is 0 Å². The third-order valence-corrected chi connectivity index (χ3v) is 19.5. The minimum atomic E-state index is -0.789. The predicted octanol–water partition coefficient (Wildman–Crippen LogP) is 24.7. The van der Waals surface area contributed by atoms with Gasteiger partial charge in [-0.25, -0.2) is 14.5 Å². The second-order valence-electron chi connectivity index (χ2n) is 28.6. The van der Waals surface area contributed by atoms with E-state index in [1.807, 2.05) is 208 Å². The first-order chi connectivity index (χ1) is 60.3. The summed E-state index contributed by atoms with van der Waals surface area (Å²) in [5.41, 5.74) is 10.4. The van der Waals surface area contributed by atoms with Crippen LogP contribution >= 0.6 is 0 Å². The van der Waals surface area contributed by atoms with Crippen LogP contribution in [0.2, 0.25) is 0 Å². The largest absolute Gasteiger partial charge is 2.00 e. The van der Waals surface area contributed by atoms with E-state index in [4.69, 9.17) is 19.9 Å². The normalized spacial score (nSPS) is 10.7. The van der Waals surface area contributed by atoms with Crippen LogP contribution in [0.1, 0.15) is 25.2 Å². The molecule has 13 nitrogen and oxygen atoms in total. The molecule has 0 fully saturated rings. The molecule has 0 saturated heterocycles. The molecule has 0 atom stereocenters. The number of rotatable bonds is 18. The second-order valence-corrected chi connectivity index (χ2v) is 28.6. The summed E-state index contributed by atoms with van der Waals surface area (Å²) < 4.78 is 111. The summed E-state index contributed by atoms with van der Waals surface area (Å²) in [5, 5.41) is 0. The fraction of sp³-hybridized carbons (Fsp3) is 0.0485. The maximum absolute atomic E-state index is 14.4. The van der Waals surface area contributed by atoms with Gasteiger partial charge in [0.15, 0.2) is 0 Å². The van der Waals surface area contributed by atoms with E-state index in [2.05, 4.69) is 110 Å². The van der Waals surface area contributed by atoms with Crippen LogP contribution in [0.4, 0.5) is 81.4 Å². The van der Waals surface area contributed by atoms with Crippen molar-refractivity contribution < 1.29 is 119 Å². The van der Waals surface area contributed by atoms with E-state index >= 15 is 0 Å². The van der Waals surface area contributed by atoms with Gasteiger partial charge in [-0.3, -0.25) is 64.9 Å². The monoisotopic (exact) mass is 2420 g/mol. The maximum Gasteiger partial charge on any atom is 2.00 e. The summed E-state index contributed by atoms with van der Waals surface area (Å²) in [6, 6.07) is 111. The molecular weight excluding hydrogens is 2350 g/mol. The zero-order valence-corrected chi connectivity index (χ0v) is 77.0. The number of pyridine rings is 10. The van der Waals surface area contributed by atoms with Gasteiger partial charge in [-0.2, -0.15) is 0 Å². The topological polar surface area (TPSA) is 135 Å². The number of hydrogen-bond acceptors (Lipinski definition) is 12. The van der Waals surface area contributed by atoms with Gasteiger partial charge in [-0.05, 0) is 132 Å². The van der Waals surface area contributed by atoms with Crippen molar-refractivity contribution in [3.63, 3.8) is 0 Å². The molecule has 0 aliphatic carbocycles. The fourth-order valence-corrected chi connectivity index (χ4v) is 13.2. The van der Waals surface area contributed by atoms with Crippen LogP contribution in [-0.4, -0.2) is 63.9 Å². The molecule has 18 rings (SSSR count). The van der Waals surface area contributed by atoms with Crippen LogP contribution in [0.5, 0.6) is 0 Å². The molecule has 0 aliphatic rings. The predicted molar refractivity (Wildman–Crippen MR) is 465 cm³/mol. The zero-order chi connectivity index (χ0) is 86.1. The number of hydrogen-bond donors (Lipinski definition) is 0. The minimum absolute atomic E-state index is 0. The van der Waals surface area contributed by atoms with Gasteiger partial charge in [0, 0.05) is 86.8 Å². The quantitative estimate of drug-likeness (QED) is 0.0460. The number of para-hydroxylation sites is 2. The second kappa shape index (κ2) is 44.4. The van der Waals surface area contributed by atoms with Crippen LogP contribution in [0, 0.1) is 95.3 Å². The third-order valence-electron chi connectivity index (χ3n) is 19.5. The van der Waals surface area contributed by atoms with Gasteiger partial charge in [0.2, 0.25) is 11.6 Å². The van der Waals surface area contributed by atoms with E-state index in [-0.39, 0.29) is 118 Å². The number of nitrogens with zero attached hydrogens (tertiary/aromatic N) is 13. The molecule has 0 bridgehead atoms. The van der Waals surface area contributed by atoms with Crippen molar-refractivity contribution in [2.45, 2.75) is 19.3 Å². The summed E-state index contributed by atoms with van der Waals surface area (Å²) in [5.74, 6) is -1.88. The van der Waals surface area contributed by atoms with Gasteiger partial charge in [-0.1, -0.05) is 192 Å². The van der Waals surface area contributed by atoms with E-state index in [1.165, 1.54) is 0 Å². The van der Waals surface area contributed by atoms with Gasteiger partial charge in [-0.15, -0.1) is 156 Å². The Kier molecular flexibility index (Phi) is 33.2. The van der Waals surface area contributed by atoms with Crippen LogP contribution in [-0.2, 0) is 89.7 Å². The Labute approximate surface area is 793 Å². The van der Waals surface area contributed by atoms with E-state index in [9.17, 15) is 35.1 Å². The molecule has 0 radical (unpaired) electrons. The van der Waals surface area contributed by atoms with E-state index in [0.717, 1.165) is 123 Å². The number of quaternary nitrogens is 1. The smallest absolute Gasteiger partial charge is 0.360 e. The van der Waals surface area contributed by atoms with Crippen molar-refractivity contribution in [3.8, 4) is 90.1 Å². The average molecular weight is 2420 g/mol. The fourth-order valence-electron chi connectivity index (χ4n) is 13.2. The van der Waals surface area contributed by atoms with Crippen molar-refractivity contribution in [1.82, 2.24) is 54.3 Å². The molecule has 0 N–H and O–H groups in total. The van der Waals surface area contributed by atoms with Crippen LogP contribution in [0.25, 0.3) is 90.1 Å². The number of halogens is 8.